The third-order valence-corrected chi connectivity index (χ3v) is 7.12. The molecule has 4 heterocycles. The van der Waals surface area contributed by atoms with Gasteiger partial charge in [-0.25, -0.2) is 4.98 Å². The molecular formula is C22H24N5O2S+. The van der Waals surface area contributed by atoms with Crippen LogP contribution in [-0.4, -0.2) is 51.9 Å². The number of thiophene rings is 1. The lowest BCUT2D eigenvalue weighted by molar-refractivity contribution is -0.918. The fraction of sp³-hybridized carbons (Fsp3) is 0.318. The minimum absolute atomic E-state index is 0.0442. The zero-order chi connectivity index (χ0) is 20.8. The van der Waals surface area contributed by atoms with Crippen molar-refractivity contribution in [1.82, 2.24) is 19.9 Å². The van der Waals surface area contributed by atoms with Crippen LogP contribution in [-0.2, 0) is 6.54 Å². The van der Waals surface area contributed by atoms with Gasteiger partial charge in [0.15, 0.2) is 5.82 Å². The van der Waals surface area contributed by atoms with Crippen LogP contribution >= 0.6 is 11.3 Å². The SMILES string of the molecule is Cc1sc2nc(C[NH+]3CCN(C(=O)c4cc5ccccc5[nH]4)CC3)[nH]c(=O)c2c1C. The van der Waals surface area contributed by atoms with E-state index in [4.69, 9.17) is 4.98 Å². The van der Waals surface area contributed by atoms with Gasteiger partial charge in [0, 0.05) is 15.8 Å². The van der Waals surface area contributed by atoms with Crippen LogP contribution < -0.4 is 10.5 Å². The molecule has 1 aliphatic rings. The first-order valence-electron chi connectivity index (χ1n) is 10.2. The molecule has 1 aromatic carbocycles. The number of nitrogens with zero attached hydrogens (tertiary/aromatic N) is 2. The van der Waals surface area contributed by atoms with Gasteiger partial charge in [-0.2, -0.15) is 0 Å². The molecule has 1 saturated heterocycles. The molecule has 154 valence electrons. The van der Waals surface area contributed by atoms with Crippen molar-refractivity contribution >= 4 is 38.4 Å². The zero-order valence-electron chi connectivity index (χ0n) is 17.0. The molecule has 0 atom stereocenters. The summed E-state index contributed by atoms with van der Waals surface area (Å²) in [7, 11) is 0. The molecule has 0 aliphatic carbocycles. The van der Waals surface area contributed by atoms with Crippen molar-refractivity contribution in [2.45, 2.75) is 20.4 Å². The van der Waals surface area contributed by atoms with E-state index >= 15 is 0 Å². The number of quaternary nitrogens is 1. The van der Waals surface area contributed by atoms with Crippen molar-refractivity contribution in [1.29, 1.82) is 0 Å². The number of aryl methyl sites for hydroxylation is 2. The number of fused-ring (bicyclic) bond motifs is 2. The largest absolute Gasteiger partial charge is 0.351 e. The van der Waals surface area contributed by atoms with E-state index in [9.17, 15) is 9.59 Å². The summed E-state index contributed by atoms with van der Waals surface area (Å²) < 4.78 is 0. The molecule has 0 bridgehead atoms. The van der Waals surface area contributed by atoms with Crippen molar-refractivity contribution in [3.63, 3.8) is 0 Å². The van der Waals surface area contributed by atoms with Crippen molar-refractivity contribution < 1.29 is 9.69 Å². The zero-order valence-corrected chi connectivity index (χ0v) is 17.9. The Hall–Kier alpha value is -2.97. The highest BCUT2D eigenvalue weighted by molar-refractivity contribution is 7.18. The molecule has 0 saturated carbocycles. The lowest BCUT2D eigenvalue weighted by Crippen LogP contribution is -3.13. The molecule has 30 heavy (non-hydrogen) atoms. The molecule has 7 nitrogen and oxygen atoms in total. The highest BCUT2D eigenvalue weighted by atomic mass is 32.1. The average molecular weight is 423 g/mol. The fourth-order valence-electron chi connectivity index (χ4n) is 4.18. The molecule has 3 aromatic heterocycles. The van der Waals surface area contributed by atoms with Crippen LogP contribution in [0.25, 0.3) is 21.1 Å². The number of amides is 1. The highest BCUT2D eigenvalue weighted by Gasteiger charge is 2.26. The molecule has 8 heteroatoms. The quantitative estimate of drug-likeness (QED) is 0.469. The van der Waals surface area contributed by atoms with Gasteiger partial charge < -0.3 is 19.8 Å². The standard InChI is InChI=1S/C22H23N5O2S/c1-13-14(2)30-21-19(13)20(28)24-18(25-21)12-26-7-9-27(10-8-26)22(29)17-11-15-5-3-4-6-16(15)23-17/h3-6,11,23H,7-10,12H2,1-2H3,(H,24,25,28)/p+1. The lowest BCUT2D eigenvalue weighted by Gasteiger charge is -2.31. The van der Waals surface area contributed by atoms with Crippen molar-refractivity contribution in [3.05, 3.63) is 62.6 Å². The maximum Gasteiger partial charge on any atom is 0.270 e. The molecular weight excluding hydrogens is 398 g/mol. The molecule has 0 unspecified atom stereocenters. The summed E-state index contributed by atoms with van der Waals surface area (Å²) >= 11 is 1.58. The number of carbonyl (C=O) groups is 1. The Labute approximate surface area is 177 Å². The van der Waals surface area contributed by atoms with Gasteiger partial charge in [-0.15, -0.1) is 11.3 Å². The fourth-order valence-corrected chi connectivity index (χ4v) is 5.23. The third-order valence-electron chi connectivity index (χ3n) is 6.02. The minimum Gasteiger partial charge on any atom is -0.351 e. The number of hydrogen-bond donors (Lipinski definition) is 3. The second-order valence-corrected chi connectivity index (χ2v) is 9.17. The summed E-state index contributed by atoms with van der Waals surface area (Å²) in [4.78, 5) is 41.4. The molecule has 0 spiro atoms. The van der Waals surface area contributed by atoms with Crippen LogP contribution in [0.5, 0.6) is 0 Å². The van der Waals surface area contributed by atoms with Gasteiger partial charge in [-0.3, -0.25) is 9.59 Å². The summed E-state index contributed by atoms with van der Waals surface area (Å²) in [5, 5.41) is 1.76. The Morgan fingerprint density at radius 1 is 1.20 bits per heavy atom. The second kappa shape index (κ2) is 7.37. The number of H-pyrrole nitrogens is 2. The summed E-state index contributed by atoms with van der Waals surface area (Å²) in [5.41, 5.74) is 2.59. The van der Waals surface area contributed by atoms with Gasteiger partial charge in [0.2, 0.25) is 0 Å². The Morgan fingerprint density at radius 3 is 2.73 bits per heavy atom. The minimum atomic E-state index is -0.0520. The number of rotatable bonds is 3. The van der Waals surface area contributed by atoms with Gasteiger partial charge >= 0.3 is 0 Å². The van der Waals surface area contributed by atoms with Gasteiger partial charge in [-0.1, -0.05) is 18.2 Å². The van der Waals surface area contributed by atoms with E-state index in [-0.39, 0.29) is 11.5 Å². The van der Waals surface area contributed by atoms with Crippen LogP contribution in [0.2, 0.25) is 0 Å². The van der Waals surface area contributed by atoms with Gasteiger partial charge in [0.05, 0.1) is 31.6 Å². The predicted octanol–water partition coefficient (Wildman–Crippen LogP) is 1.62. The first-order chi connectivity index (χ1) is 14.5. The second-order valence-electron chi connectivity index (χ2n) is 7.97. The number of aromatic nitrogens is 3. The molecule has 4 aromatic rings. The van der Waals surface area contributed by atoms with E-state index in [1.807, 2.05) is 49.1 Å². The normalized spacial score (nSPS) is 15.3. The summed E-state index contributed by atoms with van der Waals surface area (Å²) in [6.45, 7) is 7.69. The van der Waals surface area contributed by atoms with Crippen molar-refractivity contribution in [3.8, 4) is 0 Å². The van der Waals surface area contributed by atoms with Gasteiger partial charge in [-0.05, 0) is 31.5 Å². The Balaban J connectivity index is 1.26. The predicted molar refractivity (Wildman–Crippen MR) is 118 cm³/mol. The van der Waals surface area contributed by atoms with Crippen LogP contribution in [0.15, 0.2) is 35.1 Å². The highest BCUT2D eigenvalue weighted by Crippen LogP contribution is 2.25. The van der Waals surface area contributed by atoms with E-state index in [2.05, 4.69) is 9.97 Å². The molecule has 3 N–H and O–H groups in total. The number of carbonyl (C=O) groups excluding carboxylic acids is 1. The summed E-state index contributed by atoms with van der Waals surface area (Å²) in [6, 6.07) is 9.85. The first-order valence-corrected chi connectivity index (χ1v) is 11.0. The van der Waals surface area contributed by atoms with Gasteiger partial charge in [0.1, 0.15) is 17.1 Å². The maximum atomic E-state index is 12.9. The van der Waals surface area contributed by atoms with Crippen LogP contribution in [0.4, 0.5) is 0 Å². The topological polar surface area (TPSA) is 86.3 Å². The van der Waals surface area contributed by atoms with E-state index < -0.39 is 0 Å². The molecule has 1 fully saturated rings. The van der Waals surface area contributed by atoms with E-state index in [0.29, 0.717) is 30.7 Å². The number of piperazine rings is 1. The number of nitrogens with one attached hydrogen (secondary N) is 3. The summed E-state index contributed by atoms with van der Waals surface area (Å²) in [6.07, 6.45) is 0. The number of para-hydroxylation sites is 1. The maximum absolute atomic E-state index is 12.9. The van der Waals surface area contributed by atoms with E-state index in [1.165, 1.54) is 4.90 Å². The molecule has 1 amide bonds. The molecule has 0 radical (unpaired) electrons. The van der Waals surface area contributed by atoms with E-state index in [1.54, 1.807) is 11.3 Å². The third kappa shape index (κ3) is 3.32. The number of benzene rings is 1. The van der Waals surface area contributed by atoms with Crippen LogP contribution in [0.1, 0.15) is 26.8 Å². The molecule has 1 aliphatic heterocycles. The van der Waals surface area contributed by atoms with Gasteiger partial charge in [0.25, 0.3) is 11.5 Å². The Morgan fingerprint density at radius 2 is 1.97 bits per heavy atom. The van der Waals surface area contributed by atoms with Crippen LogP contribution in [0.3, 0.4) is 0 Å². The summed E-state index contributed by atoms with van der Waals surface area (Å²) in [5.74, 6) is 0.766. The number of hydrogen-bond acceptors (Lipinski definition) is 4. The monoisotopic (exact) mass is 422 g/mol. The average Bonchev–Trinajstić information content (AvgIpc) is 3.29. The van der Waals surface area contributed by atoms with Crippen LogP contribution in [0, 0.1) is 13.8 Å². The number of aromatic amines is 2. The smallest absolute Gasteiger partial charge is 0.270 e. The Bertz CT molecular complexity index is 1280. The Kier molecular flexibility index (Phi) is 4.67. The first kappa shape index (κ1) is 19.0. The van der Waals surface area contributed by atoms with Crippen molar-refractivity contribution in [2.24, 2.45) is 0 Å². The van der Waals surface area contributed by atoms with E-state index in [0.717, 1.165) is 45.1 Å². The molecule has 5 rings (SSSR count). The lowest BCUT2D eigenvalue weighted by atomic mass is 10.2. The van der Waals surface area contributed by atoms with Crippen molar-refractivity contribution in [2.75, 3.05) is 26.2 Å².